The van der Waals surface area contributed by atoms with Gasteiger partial charge in [-0.05, 0) is 30.9 Å². The maximum absolute atomic E-state index is 12.5. The normalized spacial score (nSPS) is 14.3. The number of para-hydroxylation sites is 1. The van der Waals surface area contributed by atoms with Gasteiger partial charge in [-0.15, -0.1) is 0 Å². The van der Waals surface area contributed by atoms with Gasteiger partial charge in [-0.1, -0.05) is 18.2 Å². The van der Waals surface area contributed by atoms with Crippen molar-refractivity contribution in [1.82, 2.24) is 4.90 Å². The lowest BCUT2D eigenvalue weighted by Crippen LogP contribution is -2.42. The van der Waals surface area contributed by atoms with Gasteiger partial charge in [0.05, 0.1) is 6.42 Å². The fourth-order valence-electron chi connectivity index (χ4n) is 2.46. The lowest BCUT2D eigenvalue weighted by Gasteiger charge is -2.28. The van der Waals surface area contributed by atoms with Crippen molar-refractivity contribution < 1.29 is 14.7 Å². The molecule has 0 bridgehead atoms. The van der Waals surface area contributed by atoms with Gasteiger partial charge < -0.3 is 10.0 Å². The molecule has 1 aliphatic heterocycles. The number of hydrogen-bond acceptors (Lipinski definition) is 2. The Morgan fingerprint density at radius 2 is 2.05 bits per heavy atom. The number of urea groups is 1. The molecular formula is C15H20N2O3. The molecule has 108 valence electrons. The van der Waals surface area contributed by atoms with Crippen molar-refractivity contribution in [3.8, 4) is 0 Å². The summed E-state index contributed by atoms with van der Waals surface area (Å²) in [6, 6.07) is 7.81. The molecule has 0 saturated carbocycles. The Hall–Kier alpha value is -2.04. The summed E-state index contributed by atoms with van der Waals surface area (Å²) >= 11 is 0. The van der Waals surface area contributed by atoms with E-state index in [-0.39, 0.29) is 19.0 Å². The first-order valence-corrected chi connectivity index (χ1v) is 6.92. The summed E-state index contributed by atoms with van der Waals surface area (Å²) in [5, 5.41) is 8.71. The fourth-order valence-corrected chi connectivity index (χ4v) is 2.46. The van der Waals surface area contributed by atoms with Crippen molar-refractivity contribution in [3.63, 3.8) is 0 Å². The SMILES string of the molecule is CN(CCC(=O)O)C(=O)N1CCCCc2ccccc21. The lowest BCUT2D eigenvalue weighted by atomic mass is 10.1. The molecule has 5 nitrogen and oxygen atoms in total. The molecule has 1 aromatic rings. The van der Waals surface area contributed by atoms with Gasteiger partial charge in [0.1, 0.15) is 0 Å². The van der Waals surface area contributed by atoms with Crippen molar-refractivity contribution in [3.05, 3.63) is 29.8 Å². The summed E-state index contributed by atoms with van der Waals surface area (Å²) in [7, 11) is 1.65. The minimum atomic E-state index is -0.888. The molecule has 0 aromatic heterocycles. The maximum Gasteiger partial charge on any atom is 0.324 e. The first-order valence-electron chi connectivity index (χ1n) is 6.92. The summed E-state index contributed by atoms with van der Waals surface area (Å²) in [6.45, 7) is 0.917. The van der Waals surface area contributed by atoms with Crippen LogP contribution in [0.3, 0.4) is 0 Å². The summed E-state index contributed by atoms with van der Waals surface area (Å²) in [5.41, 5.74) is 2.14. The Balaban J connectivity index is 2.14. The van der Waals surface area contributed by atoms with Crippen LogP contribution in [0.1, 0.15) is 24.8 Å². The number of amides is 2. The van der Waals surface area contributed by atoms with Gasteiger partial charge in [0, 0.05) is 25.8 Å². The molecule has 0 fully saturated rings. The van der Waals surface area contributed by atoms with E-state index in [4.69, 9.17) is 5.11 Å². The van der Waals surface area contributed by atoms with Crippen molar-refractivity contribution in [2.45, 2.75) is 25.7 Å². The van der Waals surface area contributed by atoms with Crippen LogP contribution in [0.25, 0.3) is 0 Å². The van der Waals surface area contributed by atoms with Gasteiger partial charge in [-0.3, -0.25) is 9.69 Å². The highest BCUT2D eigenvalue weighted by Gasteiger charge is 2.23. The number of hydrogen-bond donors (Lipinski definition) is 1. The molecule has 2 amide bonds. The summed E-state index contributed by atoms with van der Waals surface area (Å²) < 4.78 is 0. The molecule has 0 radical (unpaired) electrons. The Morgan fingerprint density at radius 3 is 2.80 bits per heavy atom. The molecule has 20 heavy (non-hydrogen) atoms. The minimum absolute atomic E-state index is 0.0300. The van der Waals surface area contributed by atoms with Gasteiger partial charge in [-0.25, -0.2) is 4.79 Å². The average molecular weight is 276 g/mol. The van der Waals surface area contributed by atoms with E-state index in [1.165, 1.54) is 10.5 Å². The lowest BCUT2D eigenvalue weighted by molar-refractivity contribution is -0.137. The van der Waals surface area contributed by atoms with E-state index >= 15 is 0 Å². The van der Waals surface area contributed by atoms with E-state index in [1.54, 1.807) is 11.9 Å². The molecule has 0 atom stereocenters. The number of carboxylic acids is 1. The Bertz CT molecular complexity index is 502. The van der Waals surface area contributed by atoms with Gasteiger partial charge in [-0.2, -0.15) is 0 Å². The largest absolute Gasteiger partial charge is 0.481 e. The van der Waals surface area contributed by atoms with Crippen LogP contribution in [0.15, 0.2) is 24.3 Å². The standard InChI is InChI=1S/C15H20N2O3/c1-16(11-9-14(18)19)15(20)17-10-5-4-7-12-6-2-3-8-13(12)17/h2-3,6,8H,4-5,7,9-11H2,1H3,(H,18,19). The zero-order valence-corrected chi connectivity index (χ0v) is 11.7. The molecule has 1 N–H and O–H groups in total. The second-order valence-electron chi connectivity index (χ2n) is 5.09. The highest BCUT2D eigenvalue weighted by atomic mass is 16.4. The topological polar surface area (TPSA) is 60.9 Å². The molecule has 0 saturated heterocycles. The fraction of sp³-hybridized carbons (Fsp3) is 0.467. The van der Waals surface area contributed by atoms with E-state index in [2.05, 4.69) is 6.07 Å². The van der Waals surface area contributed by atoms with E-state index in [9.17, 15) is 9.59 Å². The highest BCUT2D eigenvalue weighted by Crippen LogP contribution is 2.26. The third-order valence-electron chi connectivity index (χ3n) is 3.58. The Kier molecular flexibility index (Phi) is 4.61. The predicted molar refractivity (Wildman–Crippen MR) is 77.0 cm³/mol. The van der Waals surface area contributed by atoms with Gasteiger partial charge >= 0.3 is 12.0 Å². The number of benzene rings is 1. The molecule has 1 aromatic carbocycles. The average Bonchev–Trinajstić information content (AvgIpc) is 2.66. The van der Waals surface area contributed by atoms with Crippen molar-refractivity contribution in [1.29, 1.82) is 0 Å². The molecule has 1 heterocycles. The molecule has 5 heteroatoms. The molecule has 2 rings (SSSR count). The van der Waals surface area contributed by atoms with Crippen LogP contribution in [-0.4, -0.2) is 42.1 Å². The smallest absolute Gasteiger partial charge is 0.324 e. The van der Waals surface area contributed by atoms with Gasteiger partial charge in [0.15, 0.2) is 0 Å². The number of aryl methyl sites for hydroxylation is 1. The van der Waals surface area contributed by atoms with Crippen LogP contribution in [0.4, 0.5) is 10.5 Å². The van der Waals surface area contributed by atoms with Crippen LogP contribution in [0, 0.1) is 0 Å². The zero-order valence-electron chi connectivity index (χ0n) is 11.7. The number of carboxylic acid groups (broad SMARTS) is 1. The van der Waals surface area contributed by atoms with Gasteiger partial charge in [0.25, 0.3) is 0 Å². The molecule has 1 aliphatic rings. The number of carbonyl (C=O) groups is 2. The summed E-state index contributed by atoms with van der Waals surface area (Å²) in [4.78, 5) is 26.3. The third-order valence-corrected chi connectivity index (χ3v) is 3.58. The molecule has 0 spiro atoms. The Labute approximate surface area is 118 Å². The summed E-state index contributed by atoms with van der Waals surface area (Å²) in [6.07, 6.45) is 2.99. The molecule has 0 unspecified atom stereocenters. The van der Waals surface area contributed by atoms with Crippen molar-refractivity contribution >= 4 is 17.7 Å². The van der Waals surface area contributed by atoms with Crippen molar-refractivity contribution in [2.75, 3.05) is 25.0 Å². The van der Waals surface area contributed by atoms with Crippen LogP contribution in [0.5, 0.6) is 0 Å². The number of aliphatic carboxylic acids is 1. The van der Waals surface area contributed by atoms with Crippen LogP contribution in [0.2, 0.25) is 0 Å². The van der Waals surface area contributed by atoms with Gasteiger partial charge in [0.2, 0.25) is 0 Å². The maximum atomic E-state index is 12.5. The number of anilines is 1. The number of nitrogens with zero attached hydrogens (tertiary/aromatic N) is 2. The first kappa shape index (κ1) is 14.4. The van der Waals surface area contributed by atoms with Crippen LogP contribution >= 0.6 is 0 Å². The monoisotopic (exact) mass is 276 g/mol. The second kappa shape index (κ2) is 6.41. The van der Waals surface area contributed by atoms with E-state index in [0.717, 1.165) is 24.9 Å². The van der Waals surface area contributed by atoms with Crippen LogP contribution < -0.4 is 4.90 Å². The predicted octanol–water partition coefficient (Wildman–Crippen LogP) is 2.36. The van der Waals surface area contributed by atoms with E-state index in [0.29, 0.717) is 6.54 Å². The highest BCUT2D eigenvalue weighted by molar-refractivity contribution is 5.93. The van der Waals surface area contributed by atoms with Crippen LogP contribution in [-0.2, 0) is 11.2 Å². The number of rotatable bonds is 3. The zero-order chi connectivity index (χ0) is 14.5. The Morgan fingerprint density at radius 1 is 1.30 bits per heavy atom. The summed E-state index contributed by atoms with van der Waals surface area (Å²) in [5.74, 6) is -0.888. The van der Waals surface area contributed by atoms with E-state index < -0.39 is 5.97 Å². The van der Waals surface area contributed by atoms with E-state index in [1.807, 2.05) is 18.2 Å². The number of fused-ring (bicyclic) bond motifs is 1. The minimum Gasteiger partial charge on any atom is -0.481 e. The quantitative estimate of drug-likeness (QED) is 0.922. The molecule has 0 aliphatic carbocycles. The second-order valence-corrected chi connectivity index (χ2v) is 5.09. The van der Waals surface area contributed by atoms with Crippen molar-refractivity contribution in [2.24, 2.45) is 0 Å². The first-order chi connectivity index (χ1) is 9.59. The number of carbonyl (C=O) groups excluding carboxylic acids is 1. The molecular weight excluding hydrogens is 256 g/mol. The third kappa shape index (κ3) is 3.29.